The molecule has 0 spiro atoms. The van der Waals surface area contributed by atoms with Crippen molar-refractivity contribution in [3.8, 4) is 0 Å². The second-order valence-electron chi connectivity index (χ2n) is 10.6. The Labute approximate surface area is 273 Å². The topological polar surface area (TPSA) is 86.8 Å². The molecule has 236 valence electrons. The molecule has 0 radical (unpaired) electrons. The van der Waals surface area contributed by atoms with Gasteiger partial charge in [0.25, 0.3) is 10.0 Å². The van der Waals surface area contributed by atoms with Gasteiger partial charge in [0.2, 0.25) is 11.8 Å². The molecule has 4 aromatic rings. The molecule has 1 N–H and O–H groups in total. The van der Waals surface area contributed by atoms with Gasteiger partial charge in [-0.3, -0.25) is 13.9 Å². The zero-order chi connectivity index (χ0) is 32.6. The van der Waals surface area contributed by atoms with Crippen LogP contribution in [0.3, 0.4) is 0 Å². The maximum atomic E-state index is 14.4. The minimum Gasteiger partial charge on any atom is -0.354 e. The van der Waals surface area contributed by atoms with Crippen LogP contribution in [0.5, 0.6) is 0 Å². The highest BCUT2D eigenvalue weighted by atomic mass is 35.5. The first kappa shape index (κ1) is 34.0. The molecule has 7 nitrogen and oxygen atoms in total. The van der Waals surface area contributed by atoms with E-state index in [9.17, 15) is 22.4 Å². The second kappa shape index (κ2) is 15.4. The molecule has 0 fully saturated rings. The molecule has 0 heterocycles. The van der Waals surface area contributed by atoms with E-state index >= 15 is 0 Å². The van der Waals surface area contributed by atoms with Gasteiger partial charge in [0.15, 0.2) is 0 Å². The van der Waals surface area contributed by atoms with E-state index in [4.69, 9.17) is 23.2 Å². The van der Waals surface area contributed by atoms with Crippen molar-refractivity contribution >= 4 is 50.7 Å². The Morgan fingerprint density at radius 2 is 1.58 bits per heavy atom. The fourth-order valence-corrected chi connectivity index (χ4v) is 6.61. The largest absolute Gasteiger partial charge is 0.354 e. The molecule has 2 amide bonds. The van der Waals surface area contributed by atoms with Crippen LogP contribution in [-0.4, -0.2) is 44.3 Å². The highest BCUT2D eigenvalue weighted by Crippen LogP contribution is 2.27. The Morgan fingerprint density at radius 1 is 0.911 bits per heavy atom. The van der Waals surface area contributed by atoms with E-state index in [-0.39, 0.29) is 28.6 Å². The molecule has 0 saturated carbocycles. The van der Waals surface area contributed by atoms with Crippen molar-refractivity contribution in [2.45, 2.75) is 44.2 Å². The number of halogens is 3. The molecule has 0 aromatic heterocycles. The minimum absolute atomic E-state index is 0.0426. The van der Waals surface area contributed by atoms with Crippen LogP contribution in [0.15, 0.2) is 102 Å². The van der Waals surface area contributed by atoms with E-state index in [0.29, 0.717) is 23.6 Å². The molecule has 0 saturated heterocycles. The highest BCUT2D eigenvalue weighted by molar-refractivity contribution is 7.92. The number of anilines is 1. The molecule has 1 atom stereocenters. The number of nitrogens with one attached hydrogen (secondary N) is 1. The van der Waals surface area contributed by atoms with Gasteiger partial charge < -0.3 is 10.2 Å². The predicted octanol–water partition coefficient (Wildman–Crippen LogP) is 6.80. The fraction of sp³-hybridized carbons (Fsp3) is 0.235. The molecule has 0 aliphatic rings. The van der Waals surface area contributed by atoms with Gasteiger partial charge in [-0.1, -0.05) is 84.2 Å². The Hall–Kier alpha value is -3.92. The number of amides is 2. The summed E-state index contributed by atoms with van der Waals surface area (Å²) in [5.74, 6) is -1.62. The molecule has 11 heteroatoms. The summed E-state index contributed by atoms with van der Waals surface area (Å²) in [4.78, 5) is 29.4. The maximum absolute atomic E-state index is 14.4. The summed E-state index contributed by atoms with van der Waals surface area (Å²) >= 11 is 12.7. The normalized spacial score (nSPS) is 11.9. The van der Waals surface area contributed by atoms with Crippen molar-refractivity contribution < 1.29 is 22.4 Å². The van der Waals surface area contributed by atoms with Gasteiger partial charge >= 0.3 is 0 Å². The van der Waals surface area contributed by atoms with E-state index in [0.717, 1.165) is 27.6 Å². The highest BCUT2D eigenvalue weighted by Gasteiger charge is 2.35. The first-order valence-electron chi connectivity index (χ1n) is 14.4. The van der Waals surface area contributed by atoms with Crippen LogP contribution in [0, 0.1) is 12.7 Å². The van der Waals surface area contributed by atoms with Gasteiger partial charge in [0.1, 0.15) is 18.4 Å². The maximum Gasteiger partial charge on any atom is 0.264 e. The summed E-state index contributed by atoms with van der Waals surface area (Å²) in [5, 5.41) is 3.58. The van der Waals surface area contributed by atoms with Crippen molar-refractivity contribution in [2.24, 2.45) is 0 Å². The van der Waals surface area contributed by atoms with Crippen LogP contribution < -0.4 is 9.62 Å². The Balaban J connectivity index is 1.81. The number of benzene rings is 4. The van der Waals surface area contributed by atoms with Crippen LogP contribution in [0.25, 0.3) is 0 Å². The van der Waals surface area contributed by atoms with E-state index in [2.05, 4.69) is 5.32 Å². The van der Waals surface area contributed by atoms with Crippen LogP contribution >= 0.6 is 23.2 Å². The summed E-state index contributed by atoms with van der Waals surface area (Å²) in [6.45, 7) is 3.36. The third-order valence-electron chi connectivity index (χ3n) is 7.18. The van der Waals surface area contributed by atoms with Gasteiger partial charge in [-0.15, -0.1) is 0 Å². The smallest absolute Gasteiger partial charge is 0.264 e. The lowest BCUT2D eigenvalue weighted by atomic mass is 10.0. The van der Waals surface area contributed by atoms with Crippen molar-refractivity contribution in [2.75, 3.05) is 17.4 Å². The van der Waals surface area contributed by atoms with E-state index in [1.807, 2.05) is 44.2 Å². The molecule has 45 heavy (non-hydrogen) atoms. The summed E-state index contributed by atoms with van der Waals surface area (Å²) in [6.07, 6.45) is 0.836. The van der Waals surface area contributed by atoms with Gasteiger partial charge in [0, 0.05) is 29.6 Å². The zero-order valence-corrected chi connectivity index (χ0v) is 27.2. The van der Waals surface area contributed by atoms with Crippen LogP contribution in [0.1, 0.15) is 30.0 Å². The van der Waals surface area contributed by atoms with Crippen LogP contribution in [0.4, 0.5) is 10.1 Å². The molecule has 1 unspecified atom stereocenters. The predicted molar refractivity (Wildman–Crippen MR) is 176 cm³/mol. The first-order valence-corrected chi connectivity index (χ1v) is 16.6. The Kier molecular flexibility index (Phi) is 11.6. The minimum atomic E-state index is -4.30. The second-order valence-corrected chi connectivity index (χ2v) is 13.3. The van der Waals surface area contributed by atoms with Gasteiger partial charge in [-0.05, 0) is 73.0 Å². The SMILES string of the molecule is CCCNC(=O)C(Cc1ccccc1)N(Cc1ccc(Cl)cc1Cl)C(=O)CN(c1ccc(F)cc1)S(=O)(=O)c1ccc(C)cc1. The third-order valence-corrected chi connectivity index (χ3v) is 9.55. The lowest BCUT2D eigenvalue weighted by Gasteiger charge is -2.34. The summed E-state index contributed by atoms with van der Waals surface area (Å²) in [7, 11) is -4.30. The van der Waals surface area contributed by atoms with E-state index < -0.39 is 40.2 Å². The molecule has 4 aromatic carbocycles. The zero-order valence-electron chi connectivity index (χ0n) is 24.9. The molecule has 0 aliphatic heterocycles. The van der Waals surface area contributed by atoms with Crippen LogP contribution in [-0.2, 0) is 32.6 Å². The molecule has 4 rings (SSSR count). The molecular weight excluding hydrogens is 636 g/mol. The summed E-state index contributed by atoms with van der Waals surface area (Å²) in [5.41, 5.74) is 2.26. The standard InChI is InChI=1S/C34H34Cl2FN3O4S/c1-3-19-38-34(42)32(20-25-7-5-4-6-8-25)39(22-26-11-12-27(35)21-31(26)36)33(41)23-40(29-15-13-28(37)14-16-29)45(43,44)30-17-9-24(2)10-18-30/h4-18,21,32H,3,19-20,22-23H2,1-2H3,(H,38,42). The number of sulfonamides is 1. The van der Waals surface area contributed by atoms with Gasteiger partial charge in [-0.25, -0.2) is 12.8 Å². The molecule has 0 bridgehead atoms. The number of carbonyl (C=O) groups is 2. The van der Waals surface area contributed by atoms with E-state index in [1.165, 1.54) is 35.2 Å². The van der Waals surface area contributed by atoms with Crippen molar-refractivity contribution in [1.29, 1.82) is 0 Å². The summed E-state index contributed by atoms with van der Waals surface area (Å²) in [6, 6.07) is 24.1. The lowest BCUT2D eigenvalue weighted by Crippen LogP contribution is -2.53. The monoisotopic (exact) mass is 669 g/mol. The number of carbonyl (C=O) groups excluding carboxylic acids is 2. The van der Waals surface area contributed by atoms with Crippen molar-refractivity contribution in [1.82, 2.24) is 10.2 Å². The lowest BCUT2D eigenvalue weighted by molar-refractivity contribution is -0.140. The quantitative estimate of drug-likeness (QED) is 0.170. The van der Waals surface area contributed by atoms with Crippen LogP contribution in [0.2, 0.25) is 10.0 Å². The number of nitrogens with zero attached hydrogens (tertiary/aromatic N) is 2. The molecular formula is C34H34Cl2FN3O4S. The average Bonchev–Trinajstić information content (AvgIpc) is 3.02. The summed E-state index contributed by atoms with van der Waals surface area (Å²) < 4.78 is 42.9. The van der Waals surface area contributed by atoms with Gasteiger partial charge in [0.05, 0.1) is 10.6 Å². The van der Waals surface area contributed by atoms with E-state index in [1.54, 1.807) is 24.3 Å². The number of aryl methyl sites for hydroxylation is 1. The fourth-order valence-electron chi connectivity index (χ4n) is 4.73. The van der Waals surface area contributed by atoms with Crippen molar-refractivity contribution in [3.63, 3.8) is 0 Å². The van der Waals surface area contributed by atoms with Gasteiger partial charge in [-0.2, -0.15) is 0 Å². The third kappa shape index (κ3) is 8.84. The number of hydrogen-bond donors (Lipinski definition) is 1. The number of rotatable bonds is 13. The van der Waals surface area contributed by atoms with Crippen molar-refractivity contribution in [3.05, 3.63) is 130 Å². The first-order chi connectivity index (χ1) is 21.5. The average molecular weight is 671 g/mol. The Bertz CT molecular complexity index is 1720. The number of hydrogen-bond acceptors (Lipinski definition) is 4. The Morgan fingerprint density at radius 3 is 2.20 bits per heavy atom. The molecule has 0 aliphatic carbocycles.